The Bertz CT molecular complexity index is 878. The molecule has 5 nitrogen and oxygen atoms in total. The largest absolute Gasteiger partial charge is 0.361 e. The number of nitrogens with zero attached hydrogens (tertiary/aromatic N) is 1. The van der Waals surface area contributed by atoms with Crippen molar-refractivity contribution < 1.29 is 4.79 Å². The van der Waals surface area contributed by atoms with Gasteiger partial charge in [-0.15, -0.1) is 0 Å². The molecule has 138 valence electrons. The average molecular weight is 379 g/mol. The van der Waals surface area contributed by atoms with Crippen LogP contribution >= 0.6 is 12.2 Å². The van der Waals surface area contributed by atoms with Crippen LogP contribution in [0, 0.1) is 0 Å². The van der Waals surface area contributed by atoms with Gasteiger partial charge in [0, 0.05) is 30.2 Å². The zero-order valence-corrected chi connectivity index (χ0v) is 15.7. The maximum absolute atomic E-state index is 12.3. The van der Waals surface area contributed by atoms with Crippen molar-refractivity contribution in [2.75, 3.05) is 6.54 Å². The molecule has 0 atom stereocenters. The highest BCUT2D eigenvalue weighted by Gasteiger charge is 2.07. The predicted octanol–water partition coefficient (Wildman–Crippen LogP) is 3.22. The lowest BCUT2D eigenvalue weighted by Crippen LogP contribution is -2.47. The van der Waals surface area contributed by atoms with Gasteiger partial charge in [0.1, 0.15) is 0 Å². The number of amides is 1. The Balaban J connectivity index is 1.41. The molecule has 0 unspecified atom stereocenters. The molecule has 0 saturated carbocycles. The molecule has 3 aromatic rings. The van der Waals surface area contributed by atoms with Gasteiger partial charge in [-0.1, -0.05) is 36.4 Å². The number of thiocarbonyl (C=S) groups is 1. The molecule has 0 aliphatic carbocycles. The molecule has 1 heterocycles. The summed E-state index contributed by atoms with van der Waals surface area (Å²) >= 11 is 5.20. The van der Waals surface area contributed by atoms with Crippen molar-refractivity contribution in [3.05, 3.63) is 90.3 Å². The highest BCUT2D eigenvalue weighted by Crippen LogP contribution is 2.10. The second-order valence-corrected chi connectivity index (χ2v) is 6.47. The van der Waals surface area contributed by atoms with E-state index in [-0.39, 0.29) is 5.91 Å². The summed E-state index contributed by atoms with van der Waals surface area (Å²) in [6, 6.07) is 21.6. The molecule has 0 aliphatic rings. The summed E-state index contributed by atoms with van der Waals surface area (Å²) in [4.78, 5) is 12.3. The second kappa shape index (κ2) is 9.54. The first-order chi connectivity index (χ1) is 13.2. The average Bonchev–Trinajstić information content (AvgIpc) is 3.25. The van der Waals surface area contributed by atoms with Crippen molar-refractivity contribution in [2.24, 2.45) is 0 Å². The van der Waals surface area contributed by atoms with E-state index in [1.165, 1.54) is 5.56 Å². The third-order valence-electron chi connectivity index (χ3n) is 4.07. The van der Waals surface area contributed by atoms with E-state index >= 15 is 0 Å². The van der Waals surface area contributed by atoms with Gasteiger partial charge >= 0.3 is 0 Å². The molecule has 0 radical (unpaired) electrons. The molecular formula is C21H22N4OS. The number of aryl methyl sites for hydroxylation is 1. The van der Waals surface area contributed by atoms with Crippen molar-refractivity contribution in [1.82, 2.24) is 20.7 Å². The number of hydrogen-bond donors (Lipinski definition) is 3. The molecular weight excluding hydrogens is 356 g/mol. The van der Waals surface area contributed by atoms with E-state index in [1.54, 1.807) is 6.07 Å². The van der Waals surface area contributed by atoms with Crippen LogP contribution in [0.2, 0.25) is 0 Å². The molecule has 3 N–H and O–H groups in total. The zero-order chi connectivity index (χ0) is 18.9. The lowest BCUT2D eigenvalue weighted by atomic mass is 10.1. The molecule has 0 saturated heterocycles. The molecule has 2 aromatic carbocycles. The predicted molar refractivity (Wildman–Crippen MR) is 112 cm³/mol. The van der Waals surface area contributed by atoms with Crippen molar-refractivity contribution >= 4 is 23.2 Å². The Hall–Kier alpha value is -3.12. The van der Waals surface area contributed by atoms with Crippen molar-refractivity contribution in [3.63, 3.8) is 0 Å². The van der Waals surface area contributed by atoms with E-state index in [9.17, 15) is 4.79 Å². The highest BCUT2D eigenvalue weighted by atomic mass is 32.1. The molecule has 0 bridgehead atoms. The lowest BCUT2D eigenvalue weighted by molar-refractivity contribution is 0.0943. The molecule has 0 aliphatic heterocycles. The summed E-state index contributed by atoms with van der Waals surface area (Å²) < 4.78 is 1.95. The van der Waals surface area contributed by atoms with Crippen LogP contribution in [0.3, 0.4) is 0 Å². The number of carbonyl (C=O) groups excluding carboxylic acids is 1. The van der Waals surface area contributed by atoms with Crippen LogP contribution in [0.5, 0.6) is 0 Å². The van der Waals surface area contributed by atoms with Crippen LogP contribution in [-0.2, 0) is 6.42 Å². The fraction of sp³-hybridized carbons (Fsp3) is 0.143. The van der Waals surface area contributed by atoms with E-state index in [0.29, 0.717) is 10.7 Å². The Morgan fingerprint density at radius 1 is 0.926 bits per heavy atom. The standard InChI is InChI=1S/C21H22N4OS/c26-20(18-11-6-12-19(16-18)25-14-4-5-15-25)23-24-21(27)22-13-7-10-17-8-2-1-3-9-17/h1-6,8-9,11-12,14-16H,7,10,13H2,(H,23,26)(H2,22,24,27). The third kappa shape index (κ3) is 5.69. The number of nitrogens with one attached hydrogen (secondary N) is 3. The Morgan fingerprint density at radius 2 is 1.70 bits per heavy atom. The zero-order valence-electron chi connectivity index (χ0n) is 14.9. The van der Waals surface area contributed by atoms with Crippen molar-refractivity contribution in [2.45, 2.75) is 12.8 Å². The quantitative estimate of drug-likeness (QED) is 0.350. The lowest BCUT2D eigenvalue weighted by Gasteiger charge is -2.12. The molecule has 3 rings (SSSR count). The van der Waals surface area contributed by atoms with Gasteiger partial charge in [0.2, 0.25) is 0 Å². The number of hydrazine groups is 1. The van der Waals surface area contributed by atoms with E-state index in [1.807, 2.05) is 65.5 Å². The number of rotatable bonds is 6. The summed E-state index contributed by atoms with van der Waals surface area (Å²) in [6.07, 6.45) is 5.81. The minimum atomic E-state index is -0.238. The second-order valence-electron chi connectivity index (χ2n) is 6.06. The van der Waals surface area contributed by atoms with Gasteiger partial charge in [-0.25, -0.2) is 0 Å². The number of hydrogen-bond acceptors (Lipinski definition) is 2. The van der Waals surface area contributed by atoms with Gasteiger partial charge in [0.15, 0.2) is 5.11 Å². The number of carbonyl (C=O) groups is 1. The first-order valence-corrected chi connectivity index (χ1v) is 9.25. The minimum absolute atomic E-state index is 0.238. The molecule has 1 aromatic heterocycles. The van der Waals surface area contributed by atoms with Crippen LogP contribution in [0.15, 0.2) is 79.1 Å². The summed E-state index contributed by atoms with van der Waals surface area (Å²) in [5.41, 5.74) is 8.16. The normalized spacial score (nSPS) is 10.2. The maximum atomic E-state index is 12.3. The Morgan fingerprint density at radius 3 is 2.48 bits per heavy atom. The SMILES string of the molecule is O=C(NNC(=S)NCCCc1ccccc1)c1cccc(-n2cccc2)c1. The van der Waals surface area contributed by atoms with E-state index < -0.39 is 0 Å². The van der Waals surface area contributed by atoms with E-state index in [4.69, 9.17) is 12.2 Å². The van der Waals surface area contributed by atoms with Crippen LogP contribution < -0.4 is 16.2 Å². The van der Waals surface area contributed by atoms with E-state index in [0.717, 1.165) is 25.1 Å². The summed E-state index contributed by atoms with van der Waals surface area (Å²) in [5.74, 6) is -0.238. The van der Waals surface area contributed by atoms with Crippen LogP contribution in [0.25, 0.3) is 5.69 Å². The van der Waals surface area contributed by atoms with Crippen molar-refractivity contribution in [3.8, 4) is 5.69 Å². The van der Waals surface area contributed by atoms with Crippen LogP contribution in [0.4, 0.5) is 0 Å². The van der Waals surface area contributed by atoms with Gasteiger partial charge in [-0.05, 0) is 61.0 Å². The topological polar surface area (TPSA) is 58.1 Å². The minimum Gasteiger partial charge on any atom is -0.361 e. The summed E-state index contributed by atoms with van der Waals surface area (Å²) in [5, 5.41) is 3.50. The van der Waals surface area contributed by atoms with E-state index in [2.05, 4.69) is 28.3 Å². The first kappa shape index (κ1) is 18.7. The summed E-state index contributed by atoms with van der Waals surface area (Å²) in [6.45, 7) is 0.736. The van der Waals surface area contributed by atoms with Gasteiger partial charge in [-0.2, -0.15) is 0 Å². The van der Waals surface area contributed by atoms with Gasteiger partial charge < -0.3 is 9.88 Å². The Labute approximate surface area is 164 Å². The molecule has 6 heteroatoms. The molecule has 0 fully saturated rings. The van der Waals surface area contributed by atoms with Gasteiger partial charge in [0.05, 0.1) is 0 Å². The monoisotopic (exact) mass is 378 g/mol. The smallest absolute Gasteiger partial charge is 0.269 e. The fourth-order valence-electron chi connectivity index (χ4n) is 2.68. The maximum Gasteiger partial charge on any atom is 0.269 e. The van der Waals surface area contributed by atoms with Crippen LogP contribution in [0.1, 0.15) is 22.3 Å². The van der Waals surface area contributed by atoms with Crippen molar-refractivity contribution in [1.29, 1.82) is 0 Å². The number of aromatic nitrogens is 1. The molecule has 27 heavy (non-hydrogen) atoms. The molecule has 1 amide bonds. The third-order valence-corrected chi connectivity index (χ3v) is 4.32. The molecule has 0 spiro atoms. The van der Waals surface area contributed by atoms with Gasteiger partial charge in [-0.3, -0.25) is 15.6 Å². The van der Waals surface area contributed by atoms with Gasteiger partial charge in [0.25, 0.3) is 5.91 Å². The highest BCUT2D eigenvalue weighted by molar-refractivity contribution is 7.80. The summed E-state index contributed by atoms with van der Waals surface area (Å²) in [7, 11) is 0. The number of benzene rings is 2. The van der Waals surface area contributed by atoms with Crippen LogP contribution in [-0.4, -0.2) is 22.1 Å². The fourth-order valence-corrected chi connectivity index (χ4v) is 2.84. The first-order valence-electron chi connectivity index (χ1n) is 8.84. The Kier molecular flexibility index (Phi) is 6.60.